The summed E-state index contributed by atoms with van der Waals surface area (Å²) in [5.41, 5.74) is 2.88. The van der Waals surface area contributed by atoms with E-state index in [4.69, 9.17) is 9.26 Å². The fourth-order valence-corrected chi connectivity index (χ4v) is 6.27. The first-order valence-electron chi connectivity index (χ1n) is 13.9. The Labute approximate surface area is 232 Å². The number of anilines is 1. The van der Waals surface area contributed by atoms with Crippen LogP contribution in [0.15, 0.2) is 65.4 Å². The summed E-state index contributed by atoms with van der Waals surface area (Å²) in [7, 11) is 0. The average molecular weight is 542 g/mol. The summed E-state index contributed by atoms with van der Waals surface area (Å²) in [5.74, 6) is -2.87. The Kier molecular flexibility index (Phi) is 7.30. The number of Topliss-reactive ketones (excluding diaryl/α,β-unsaturated/α-hetero) is 2. The minimum atomic E-state index is -1.09. The number of carbonyl (C=O) groups is 4. The van der Waals surface area contributed by atoms with Crippen LogP contribution in [0.1, 0.15) is 52.8 Å². The molecule has 1 aliphatic carbocycles. The summed E-state index contributed by atoms with van der Waals surface area (Å²) in [6.07, 6.45) is 6.32. The molecule has 0 spiro atoms. The fourth-order valence-electron chi connectivity index (χ4n) is 6.27. The highest BCUT2D eigenvalue weighted by Gasteiger charge is 2.54. The second kappa shape index (κ2) is 11.2. The standard InChI is InChI=1S/C31H31N3O6/c35-28(22-6-8-23(9-7-22)30(37)33-15-18-39-19-16-33)26-27(21-4-2-1-3-5-21)34(31(38)29(26)36)24-12-10-20(11-13-24)25-14-17-40-32-25/h6-14,17,21,26-27H,1-5,15-16,18-19H2. The molecule has 3 heterocycles. The zero-order valence-electron chi connectivity index (χ0n) is 22.2. The fraction of sp³-hybridized carbons (Fsp3) is 0.387. The van der Waals surface area contributed by atoms with Crippen molar-refractivity contribution in [3.8, 4) is 11.3 Å². The molecule has 3 fully saturated rings. The highest BCUT2D eigenvalue weighted by atomic mass is 16.5. The van der Waals surface area contributed by atoms with E-state index in [9.17, 15) is 19.2 Å². The first-order valence-corrected chi connectivity index (χ1v) is 13.9. The molecule has 2 aromatic carbocycles. The molecule has 9 heteroatoms. The highest BCUT2D eigenvalue weighted by molar-refractivity contribution is 6.49. The van der Waals surface area contributed by atoms with Crippen molar-refractivity contribution in [3.05, 3.63) is 72.0 Å². The number of amides is 2. The number of hydrogen-bond donors (Lipinski definition) is 0. The number of ether oxygens (including phenoxy) is 1. The monoisotopic (exact) mass is 541 g/mol. The molecule has 2 atom stereocenters. The number of carbonyl (C=O) groups excluding carboxylic acids is 4. The molecule has 0 N–H and O–H groups in total. The third-order valence-electron chi connectivity index (χ3n) is 8.36. The topological polar surface area (TPSA) is 110 Å². The van der Waals surface area contributed by atoms with Gasteiger partial charge in [-0.1, -0.05) is 48.7 Å². The first-order chi connectivity index (χ1) is 19.5. The maximum atomic E-state index is 13.9. The van der Waals surface area contributed by atoms with Crippen molar-refractivity contribution in [2.45, 2.75) is 38.1 Å². The van der Waals surface area contributed by atoms with Crippen LogP contribution < -0.4 is 4.90 Å². The number of hydrogen-bond acceptors (Lipinski definition) is 7. The van der Waals surface area contributed by atoms with Gasteiger partial charge in [0.15, 0.2) is 5.78 Å². The van der Waals surface area contributed by atoms with Gasteiger partial charge in [-0.05, 0) is 43.0 Å². The molecule has 1 aromatic heterocycles. The van der Waals surface area contributed by atoms with Gasteiger partial charge in [0, 0.05) is 41.5 Å². The maximum absolute atomic E-state index is 13.9. The Morgan fingerprint density at radius 2 is 1.50 bits per heavy atom. The van der Waals surface area contributed by atoms with E-state index < -0.39 is 23.7 Å². The van der Waals surface area contributed by atoms with Gasteiger partial charge in [0.25, 0.3) is 11.8 Å². The van der Waals surface area contributed by atoms with Crippen LogP contribution in [0.2, 0.25) is 0 Å². The molecule has 3 aromatic rings. The molecule has 1 saturated carbocycles. The molecule has 6 rings (SSSR count). The van der Waals surface area contributed by atoms with Crippen molar-refractivity contribution < 1.29 is 28.4 Å². The van der Waals surface area contributed by atoms with Crippen LogP contribution in [0.3, 0.4) is 0 Å². The van der Waals surface area contributed by atoms with Crippen molar-refractivity contribution in [3.63, 3.8) is 0 Å². The predicted octanol–water partition coefficient (Wildman–Crippen LogP) is 4.18. The zero-order chi connectivity index (χ0) is 27.6. The molecule has 0 bridgehead atoms. The van der Waals surface area contributed by atoms with E-state index >= 15 is 0 Å². The van der Waals surface area contributed by atoms with Crippen LogP contribution in [0.25, 0.3) is 11.3 Å². The Hall–Kier alpha value is -4.11. The molecule has 40 heavy (non-hydrogen) atoms. The van der Waals surface area contributed by atoms with E-state index in [1.165, 1.54) is 6.26 Å². The van der Waals surface area contributed by atoms with Crippen LogP contribution in [-0.4, -0.2) is 65.8 Å². The van der Waals surface area contributed by atoms with Gasteiger partial charge >= 0.3 is 0 Å². The SMILES string of the molecule is O=C1C(=O)N(c2ccc(-c3ccon3)cc2)C(C2CCCCC2)C1C(=O)c1ccc(C(=O)N2CCOCC2)cc1. The Bertz CT molecular complexity index is 1390. The summed E-state index contributed by atoms with van der Waals surface area (Å²) in [5, 5.41) is 3.96. The zero-order valence-corrected chi connectivity index (χ0v) is 22.2. The van der Waals surface area contributed by atoms with Gasteiger partial charge in [0.2, 0.25) is 5.78 Å². The largest absolute Gasteiger partial charge is 0.378 e. The van der Waals surface area contributed by atoms with Crippen LogP contribution in [-0.2, 0) is 14.3 Å². The van der Waals surface area contributed by atoms with Gasteiger partial charge in [0.1, 0.15) is 17.9 Å². The smallest absolute Gasteiger partial charge is 0.295 e. The number of ketones is 2. The third kappa shape index (κ3) is 4.86. The van der Waals surface area contributed by atoms with Crippen molar-refractivity contribution in [1.82, 2.24) is 10.1 Å². The van der Waals surface area contributed by atoms with Crippen molar-refractivity contribution in [1.29, 1.82) is 0 Å². The Balaban J connectivity index is 1.29. The van der Waals surface area contributed by atoms with Crippen LogP contribution in [0.4, 0.5) is 5.69 Å². The molecule has 3 aliphatic rings. The van der Waals surface area contributed by atoms with E-state index in [1.807, 2.05) is 12.1 Å². The van der Waals surface area contributed by atoms with Crippen molar-refractivity contribution in [2.24, 2.45) is 11.8 Å². The number of benzene rings is 2. The predicted molar refractivity (Wildman–Crippen MR) is 146 cm³/mol. The van der Waals surface area contributed by atoms with E-state index in [0.29, 0.717) is 48.8 Å². The number of nitrogens with zero attached hydrogens (tertiary/aromatic N) is 3. The second-order valence-corrected chi connectivity index (χ2v) is 10.7. The minimum absolute atomic E-state index is 0.0375. The Morgan fingerprint density at radius 1 is 0.825 bits per heavy atom. The lowest BCUT2D eigenvalue weighted by molar-refractivity contribution is -0.135. The lowest BCUT2D eigenvalue weighted by Gasteiger charge is -2.35. The number of morpholine rings is 1. The maximum Gasteiger partial charge on any atom is 0.295 e. The van der Waals surface area contributed by atoms with Gasteiger partial charge < -0.3 is 19.1 Å². The lowest BCUT2D eigenvalue weighted by Crippen LogP contribution is -2.44. The molecule has 2 saturated heterocycles. The summed E-state index contributed by atoms with van der Waals surface area (Å²) >= 11 is 0. The lowest BCUT2D eigenvalue weighted by atomic mass is 9.76. The summed E-state index contributed by atoms with van der Waals surface area (Å²) in [6.45, 7) is 2.05. The van der Waals surface area contributed by atoms with Gasteiger partial charge in [-0.3, -0.25) is 19.2 Å². The van der Waals surface area contributed by atoms with Crippen LogP contribution in [0, 0.1) is 11.8 Å². The second-order valence-electron chi connectivity index (χ2n) is 10.7. The number of aromatic nitrogens is 1. The average Bonchev–Trinajstić information content (AvgIpc) is 3.64. The van der Waals surface area contributed by atoms with Crippen LogP contribution in [0.5, 0.6) is 0 Å². The van der Waals surface area contributed by atoms with E-state index in [-0.39, 0.29) is 17.6 Å². The number of rotatable bonds is 6. The molecular weight excluding hydrogens is 510 g/mol. The molecule has 2 amide bonds. The molecule has 2 unspecified atom stereocenters. The van der Waals surface area contributed by atoms with E-state index in [2.05, 4.69) is 5.16 Å². The van der Waals surface area contributed by atoms with Gasteiger partial charge in [-0.15, -0.1) is 0 Å². The first kappa shape index (κ1) is 26.1. The summed E-state index contributed by atoms with van der Waals surface area (Å²) in [4.78, 5) is 57.0. The molecule has 2 aliphatic heterocycles. The van der Waals surface area contributed by atoms with Crippen molar-refractivity contribution >= 4 is 29.1 Å². The minimum Gasteiger partial charge on any atom is -0.378 e. The highest BCUT2D eigenvalue weighted by Crippen LogP contribution is 2.41. The third-order valence-corrected chi connectivity index (χ3v) is 8.36. The Morgan fingerprint density at radius 3 is 2.15 bits per heavy atom. The summed E-state index contributed by atoms with van der Waals surface area (Å²) in [6, 6.07) is 14.9. The summed E-state index contributed by atoms with van der Waals surface area (Å²) < 4.78 is 10.3. The van der Waals surface area contributed by atoms with Gasteiger partial charge in [-0.2, -0.15) is 0 Å². The van der Waals surface area contributed by atoms with E-state index in [1.54, 1.807) is 52.3 Å². The molecule has 0 radical (unpaired) electrons. The molecular formula is C31H31N3O6. The molecule has 9 nitrogen and oxygen atoms in total. The molecule has 206 valence electrons. The quantitative estimate of drug-likeness (QED) is 0.262. The van der Waals surface area contributed by atoms with Crippen molar-refractivity contribution in [2.75, 3.05) is 31.2 Å². The normalized spacial score (nSPS) is 22.1. The van der Waals surface area contributed by atoms with E-state index in [0.717, 1.165) is 37.7 Å². The van der Waals surface area contributed by atoms with Gasteiger partial charge in [-0.25, -0.2) is 0 Å². The van der Waals surface area contributed by atoms with Crippen LogP contribution >= 0.6 is 0 Å². The van der Waals surface area contributed by atoms with Gasteiger partial charge in [0.05, 0.1) is 19.3 Å².